The van der Waals surface area contributed by atoms with Gasteiger partial charge in [0.15, 0.2) is 0 Å². The lowest BCUT2D eigenvalue weighted by Crippen LogP contribution is -2.11. The number of rotatable bonds is 3. The Kier molecular flexibility index (Phi) is 3.23. The normalized spacial score (nSPS) is 12.7. The van der Waals surface area contributed by atoms with Crippen molar-refractivity contribution in [2.24, 2.45) is 0 Å². The highest BCUT2D eigenvalue weighted by atomic mass is 32.1. The van der Waals surface area contributed by atoms with Crippen LogP contribution in [0.2, 0.25) is 0 Å². The van der Waals surface area contributed by atoms with E-state index in [0.29, 0.717) is 0 Å². The maximum atomic E-state index is 4.37. The van der Waals surface area contributed by atoms with Crippen molar-refractivity contribution in [3.63, 3.8) is 0 Å². The molecule has 0 bridgehead atoms. The molecule has 0 saturated carbocycles. The second-order valence-electron chi connectivity index (χ2n) is 4.33. The molecule has 19 heavy (non-hydrogen) atoms. The number of nitrogens with one attached hydrogen (secondary N) is 1. The lowest BCUT2D eigenvalue weighted by atomic mass is 10.1. The van der Waals surface area contributed by atoms with E-state index in [1.807, 2.05) is 25.2 Å². The lowest BCUT2D eigenvalue weighted by molar-refractivity contribution is 0.640. The summed E-state index contributed by atoms with van der Waals surface area (Å²) in [6.07, 6.45) is 1.81. The molecule has 0 spiro atoms. The van der Waals surface area contributed by atoms with Gasteiger partial charge in [-0.2, -0.15) is 0 Å². The van der Waals surface area contributed by atoms with Gasteiger partial charge in [0.2, 0.25) is 0 Å². The second-order valence-corrected chi connectivity index (χ2v) is 5.34. The fourth-order valence-electron chi connectivity index (χ4n) is 1.93. The van der Waals surface area contributed by atoms with Crippen molar-refractivity contribution in [3.8, 4) is 10.6 Å². The molecule has 1 N–H and O–H groups in total. The average molecular weight is 270 g/mol. The van der Waals surface area contributed by atoms with E-state index in [1.165, 1.54) is 0 Å². The number of benzene rings is 1. The summed E-state index contributed by atoms with van der Waals surface area (Å²) >= 11 is 1.62. The summed E-state index contributed by atoms with van der Waals surface area (Å²) in [4.78, 5) is 4.37. The number of hydrogen-bond acceptors (Lipinski definition) is 5. The Balaban J connectivity index is 2.12. The van der Waals surface area contributed by atoms with Crippen LogP contribution in [0.5, 0.6) is 0 Å². The van der Waals surface area contributed by atoms with E-state index in [0.717, 1.165) is 26.5 Å². The topological polar surface area (TPSA) is 50.7 Å². The van der Waals surface area contributed by atoms with Gasteiger partial charge in [-0.3, -0.25) is 4.98 Å². The van der Waals surface area contributed by atoms with E-state index in [4.69, 9.17) is 0 Å². The largest absolute Gasteiger partial charge is 0.311 e. The molecule has 0 saturated heterocycles. The van der Waals surface area contributed by atoms with Crippen molar-refractivity contribution in [1.29, 1.82) is 0 Å². The number of nitrogens with zero attached hydrogens (tertiary/aromatic N) is 3. The zero-order chi connectivity index (χ0) is 13.2. The number of hydrogen-bond donors (Lipinski definition) is 1. The third-order valence-corrected chi connectivity index (χ3v) is 4.26. The Hall–Kier alpha value is -1.85. The highest BCUT2D eigenvalue weighted by Gasteiger charge is 2.13. The van der Waals surface area contributed by atoms with E-state index >= 15 is 0 Å². The van der Waals surface area contributed by atoms with Gasteiger partial charge in [-0.05, 0) is 26.1 Å². The molecule has 2 aromatic heterocycles. The minimum atomic E-state index is 0.222. The zero-order valence-electron chi connectivity index (χ0n) is 10.8. The van der Waals surface area contributed by atoms with Crippen molar-refractivity contribution in [2.45, 2.75) is 13.0 Å². The maximum absolute atomic E-state index is 4.37. The second kappa shape index (κ2) is 5.03. The molecule has 3 aromatic rings. The average Bonchev–Trinajstić information content (AvgIpc) is 2.95. The number of fused-ring (bicyclic) bond motifs is 1. The van der Waals surface area contributed by atoms with Gasteiger partial charge < -0.3 is 5.32 Å². The van der Waals surface area contributed by atoms with Gasteiger partial charge >= 0.3 is 0 Å². The van der Waals surface area contributed by atoms with Crippen molar-refractivity contribution in [1.82, 2.24) is 20.5 Å². The Morgan fingerprint density at radius 3 is 2.89 bits per heavy atom. The zero-order valence-corrected chi connectivity index (χ0v) is 11.6. The lowest BCUT2D eigenvalue weighted by Gasteiger charge is -2.03. The van der Waals surface area contributed by atoms with E-state index in [2.05, 4.69) is 39.6 Å². The smallest absolute Gasteiger partial charge is 0.148 e. The summed E-state index contributed by atoms with van der Waals surface area (Å²) in [7, 11) is 1.92. The quantitative estimate of drug-likeness (QED) is 0.794. The van der Waals surface area contributed by atoms with Crippen LogP contribution >= 0.6 is 11.3 Å². The Morgan fingerprint density at radius 1 is 1.16 bits per heavy atom. The van der Waals surface area contributed by atoms with Crippen LogP contribution in [0.3, 0.4) is 0 Å². The van der Waals surface area contributed by atoms with Crippen LogP contribution in [0.4, 0.5) is 0 Å². The highest BCUT2D eigenvalue weighted by Crippen LogP contribution is 2.31. The molecule has 0 fully saturated rings. The summed E-state index contributed by atoms with van der Waals surface area (Å²) in [5.41, 5.74) is 2.08. The molecule has 0 aliphatic carbocycles. The van der Waals surface area contributed by atoms with Crippen LogP contribution in [0.25, 0.3) is 21.5 Å². The van der Waals surface area contributed by atoms with Crippen LogP contribution in [0, 0.1) is 0 Å². The molecule has 1 atom stereocenters. The summed E-state index contributed by atoms with van der Waals surface area (Å²) in [6, 6.07) is 10.3. The van der Waals surface area contributed by atoms with Gasteiger partial charge in [0.05, 0.1) is 11.6 Å². The Morgan fingerprint density at radius 2 is 2.05 bits per heavy atom. The summed E-state index contributed by atoms with van der Waals surface area (Å²) in [5, 5.41) is 14.8. The molecule has 4 nitrogen and oxygen atoms in total. The maximum Gasteiger partial charge on any atom is 0.148 e. The van der Waals surface area contributed by atoms with Crippen LogP contribution < -0.4 is 5.32 Å². The molecule has 0 aliphatic rings. The first-order valence-corrected chi connectivity index (χ1v) is 6.96. The minimum absolute atomic E-state index is 0.222. The molecular weight excluding hydrogens is 256 g/mol. The predicted molar refractivity (Wildman–Crippen MR) is 78.1 cm³/mol. The standard InChI is InChI=1S/C14H14N4S/c1-9(15-2)13-17-18-14(19-13)11-5-3-7-12-10(11)6-4-8-16-12/h3-9,15H,1-2H3. The van der Waals surface area contributed by atoms with Crippen molar-refractivity contribution < 1.29 is 0 Å². The molecule has 1 unspecified atom stereocenters. The Labute approximate surface area is 115 Å². The highest BCUT2D eigenvalue weighted by molar-refractivity contribution is 7.14. The first-order valence-electron chi connectivity index (χ1n) is 6.14. The fraction of sp³-hybridized carbons (Fsp3) is 0.214. The predicted octanol–water partition coefficient (Wildman–Crippen LogP) is 3.03. The minimum Gasteiger partial charge on any atom is -0.311 e. The molecule has 2 heterocycles. The van der Waals surface area contributed by atoms with Crippen molar-refractivity contribution in [3.05, 3.63) is 41.5 Å². The monoisotopic (exact) mass is 270 g/mol. The Bertz CT molecular complexity index is 702. The van der Waals surface area contributed by atoms with Crippen molar-refractivity contribution in [2.75, 3.05) is 7.05 Å². The SMILES string of the molecule is CNC(C)c1nnc(-c2cccc3ncccc23)s1. The van der Waals surface area contributed by atoms with Crippen LogP contribution in [-0.2, 0) is 0 Å². The van der Waals surface area contributed by atoms with Crippen LogP contribution in [0.15, 0.2) is 36.5 Å². The van der Waals surface area contributed by atoms with E-state index in [9.17, 15) is 0 Å². The van der Waals surface area contributed by atoms with Gasteiger partial charge in [-0.1, -0.05) is 29.5 Å². The van der Waals surface area contributed by atoms with E-state index in [-0.39, 0.29) is 6.04 Å². The molecule has 0 amide bonds. The third kappa shape index (κ3) is 2.22. The molecule has 0 aliphatic heterocycles. The van der Waals surface area contributed by atoms with Gasteiger partial charge in [-0.15, -0.1) is 10.2 Å². The van der Waals surface area contributed by atoms with E-state index < -0.39 is 0 Å². The molecular formula is C14H14N4S. The number of aromatic nitrogens is 3. The van der Waals surface area contributed by atoms with Gasteiger partial charge in [-0.25, -0.2) is 0 Å². The van der Waals surface area contributed by atoms with Crippen LogP contribution in [-0.4, -0.2) is 22.2 Å². The molecule has 3 rings (SSSR count). The van der Waals surface area contributed by atoms with Gasteiger partial charge in [0.1, 0.15) is 10.0 Å². The fourth-order valence-corrected chi connectivity index (χ4v) is 2.88. The summed E-state index contributed by atoms with van der Waals surface area (Å²) in [6.45, 7) is 2.08. The third-order valence-electron chi connectivity index (χ3n) is 3.12. The summed E-state index contributed by atoms with van der Waals surface area (Å²) < 4.78 is 0. The van der Waals surface area contributed by atoms with Crippen LogP contribution in [0.1, 0.15) is 18.0 Å². The first kappa shape index (κ1) is 12.2. The van der Waals surface area contributed by atoms with Crippen molar-refractivity contribution >= 4 is 22.2 Å². The molecule has 5 heteroatoms. The first-order chi connectivity index (χ1) is 9.29. The molecule has 0 radical (unpaired) electrons. The number of pyridine rings is 1. The molecule has 1 aromatic carbocycles. The summed E-state index contributed by atoms with van der Waals surface area (Å²) in [5.74, 6) is 0. The van der Waals surface area contributed by atoms with E-state index in [1.54, 1.807) is 17.5 Å². The van der Waals surface area contributed by atoms with Gasteiger partial charge in [0, 0.05) is 17.1 Å². The molecule has 96 valence electrons. The van der Waals surface area contributed by atoms with Gasteiger partial charge in [0.25, 0.3) is 0 Å².